The maximum atomic E-state index is 12.9. The quantitative estimate of drug-likeness (QED) is 0.605. The minimum absolute atomic E-state index is 0.0719. The highest BCUT2D eigenvalue weighted by Gasteiger charge is 2.09. The Bertz CT molecular complexity index is 977. The molecule has 2 N–H and O–H groups in total. The van der Waals surface area contributed by atoms with Crippen molar-refractivity contribution < 1.29 is 14.0 Å². The fourth-order valence-electron chi connectivity index (χ4n) is 2.16. The monoisotopic (exact) mass is 401 g/mol. The van der Waals surface area contributed by atoms with Gasteiger partial charge in [0.15, 0.2) is 5.13 Å². The third-order valence-corrected chi connectivity index (χ3v) is 5.32. The van der Waals surface area contributed by atoms with Crippen LogP contribution in [0.5, 0.6) is 0 Å². The van der Waals surface area contributed by atoms with Gasteiger partial charge in [-0.2, -0.15) is 0 Å². The molecule has 0 aliphatic rings. The van der Waals surface area contributed by atoms with E-state index < -0.39 is 0 Å². The van der Waals surface area contributed by atoms with Crippen LogP contribution in [0.2, 0.25) is 0 Å². The largest absolute Gasteiger partial charge is 0.351 e. The van der Waals surface area contributed by atoms with Gasteiger partial charge in [0.05, 0.1) is 17.1 Å². The van der Waals surface area contributed by atoms with Crippen LogP contribution in [0.3, 0.4) is 0 Å². The second-order valence-corrected chi connectivity index (χ2v) is 7.61. The summed E-state index contributed by atoms with van der Waals surface area (Å²) in [6.07, 6.45) is 2.99. The summed E-state index contributed by atoms with van der Waals surface area (Å²) >= 11 is 2.88. The first-order chi connectivity index (χ1) is 13.0. The van der Waals surface area contributed by atoms with Crippen LogP contribution >= 0.6 is 22.7 Å². The first kappa shape index (κ1) is 18.9. The zero-order valence-corrected chi connectivity index (χ0v) is 16.0. The smallest absolute Gasteiger partial charge is 0.250 e. The minimum atomic E-state index is -0.319. The van der Waals surface area contributed by atoms with E-state index in [0.29, 0.717) is 11.7 Å². The number of thiophene rings is 1. The van der Waals surface area contributed by atoms with Gasteiger partial charge in [-0.1, -0.05) is 12.1 Å². The zero-order chi connectivity index (χ0) is 19.2. The van der Waals surface area contributed by atoms with E-state index in [0.717, 1.165) is 21.0 Å². The Hall–Kier alpha value is -2.84. The van der Waals surface area contributed by atoms with Crippen LogP contribution < -0.4 is 10.6 Å². The van der Waals surface area contributed by atoms with Crippen molar-refractivity contribution in [3.63, 3.8) is 0 Å². The average Bonchev–Trinajstić information content (AvgIpc) is 3.28. The van der Waals surface area contributed by atoms with Gasteiger partial charge >= 0.3 is 0 Å². The first-order valence-electron chi connectivity index (χ1n) is 8.03. The van der Waals surface area contributed by atoms with Gasteiger partial charge in [0, 0.05) is 23.3 Å². The highest BCUT2D eigenvalue weighted by atomic mass is 32.1. The van der Waals surface area contributed by atoms with Gasteiger partial charge in [-0.15, -0.1) is 22.7 Å². The van der Waals surface area contributed by atoms with Gasteiger partial charge in [-0.25, -0.2) is 9.37 Å². The Morgan fingerprint density at radius 3 is 2.70 bits per heavy atom. The fourth-order valence-corrected chi connectivity index (χ4v) is 3.86. The zero-order valence-electron chi connectivity index (χ0n) is 14.4. The molecule has 0 saturated carbocycles. The van der Waals surface area contributed by atoms with Crippen LogP contribution in [0.4, 0.5) is 9.52 Å². The lowest BCUT2D eigenvalue weighted by Crippen LogP contribution is -2.17. The van der Waals surface area contributed by atoms with Crippen molar-refractivity contribution >= 4 is 45.7 Å². The lowest BCUT2D eigenvalue weighted by molar-refractivity contribution is -0.119. The molecule has 2 heterocycles. The second kappa shape index (κ2) is 8.70. The second-order valence-electron chi connectivity index (χ2n) is 5.59. The lowest BCUT2D eigenvalue weighted by atomic mass is 10.2. The maximum Gasteiger partial charge on any atom is 0.250 e. The van der Waals surface area contributed by atoms with Gasteiger partial charge in [0.1, 0.15) is 5.82 Å². The molecular weight excluding hydrogens is 385 g/mol. The topological polar surface area (TPSA) is 71.1 Å². The van der Waals surface area contributed by atoms with Crippen LogP contribution in [-0.4, -0.2) is 16.8 Å². The van der Waals surface area contributed by atoms with Crippen molar-refractivity contribution in [3.8, 4) is 10.6 Å². The first-order valence-corrected chi connectivity index (χ1v) is 9.73. The van der Waals surface area contributed by atoms with Gasteiger partial charge < -0.3 is 5.32 Å². The summed E-state index contributed by atoms with van der Waals surface area (Å²) in [6, 6.07) is 9.75. The molecule has 0 saturated heterocycles. The van der Waals surface area contributed by atoms with Crippen molar-refractivity contribution in [3.05, 3.63) is 64.1 Å². The van der Waals surface area contributed by atoms with Crippen LogP contribution in [0.15, 0.2) is 47.9 Å². The van der Waals surface area contributed by atoms with E-state index in [2.05, 4.69) is 15.6 Å². The molecule has 0 bridgehead atoms. The molecule has 0 aliphatic carbocycles. The van der Waals surface area contributed by atoms with E-state index in [4.69, 9.17) is 0 Å². The molecule has 3 rings (SSSR count). The molecule has 0 fully saturated rings. The molecule has 27 heavy (non-hydrogen) atoms. The number of aromatic nitrogens is 1. The predicted molar refractivity (Wildman–Crippen MR) is 107 cm³/mol. The fraction of sp³-hybridized carbons (Fsp3) is 0.105. The van der Waals surface area contributed by atoms with Crippen molar-refractivity contribution in [1.82, 2.24) is 10.3 Å². The molecule has 3 aromatic rings. The number of thiazole rings is 1. The summed E-state index contributed by atoms with van der Waals surface area (Å²) in [5.74, 6) is -0.698. The van der Waals surface area contributed by atoms with Gasteiger partial charge in [-0.05, 0) is 35.9 Å². The number of anilines is 1. The number of hydrogen-bond acceptors (Lipinski definition) is 5. The molecule has 0 radical (unpaired) electrons. The van der Waals surface area contributed by atoms with Crippen LogP contribution in [0.25, 0.3) is 16.6 Å². The summed E-state index contributed by atoms with van der Waals surface area (Å²) in [5, 5.41) is 7.84. The molecule has 0 aliphatic heterocycles. The SMILES string of the molecule is CC(=O)NCc1ccc(-c2csc(NC(=O)/C=C/c3ccc(F)cc3)n2)s1. The number of carbonyl (C=O) groups is 2. The summed E-state index contributed by atoms with van der Waals surface area (Å²) in [5.41, 5.74) is 1.51. The standard InChI is InChI=1S/C19H16FN3O2S2/c1-12(24)21-10-15-7-8-17(27-15)16-11-26-19(22-16)23-18(25)9-4-13-2-5-14(20)6-3-13/h2-9,11H,10H2,1H3,(H,21,24)(H,22,23,25)/b9-4+. The Morgan fingerprint density at radius 2 is 1.96 bits per heavy atom. The van der Waals surface area contributed by atoms with E-state index in [1.165, 1.54) is 36.5 Å². The number of nitrogens with one attached hydrogen (secondary N) is 2. The molecule has 0 spiro atoms. The van der Waals surface area contributed by atoms with Crippen LogP contribution in [0.1, 0.15) is 17.4 Å². The number of nitrogens with zero attached hydrogens (tertiary/aromatic N) is 1. The van der Waals surface area contributed by atoms with E-state index in [9.17, 15) is 14.0 Å². The van der Waals surface area contributed by atoms with Gasteiger partial charge in [-0.3, -0.25) is 14.9 Å². The van der Waals surface area contributed by atoms with E-state index in [1.807, 2.05) is 17.5 Å². The normalized spacial score (nSPS) is 10.9. The van der Waals surface area contributed by atoms with Gasteiger partial charge in [0.25, 0.3) is 0 Å². The predicted octanol–water partition coefficient (Wildman–Crippen LogP) is 4.30. The third kappa shape index (κ3) is 5.57. The highest BCUT2D eigenvalue weighted by Crippen LogP contribution is 2.30. The summed E-state index contributed by atoms with van der Waals surface area (Å²) in [6.45, 7) is 1.97. The summed E-state index contributed by atoms with van der Waals surface area (Å²) in [4.78, 5) is 29.4. The molecule has 8 heteroatoms. The van der Waals surface area contributed by atoms with Crippen LogP contribution in [-0.2, 0) is 16.1 Å². The number of benzene rings is 1. The molecule has 138 valence electrons. The number of rotatable bonds is 6. The molecular formula is C19H16FN3O2S2. The van der Waals surface area contributed by atoms with E-state index in [-0.39, 0.29) is 17.6 Å². The number of carbonyl (C=O) groups excluding carboxylic acids is 2. The van der Waals surface area contributed by atoms with E-state index in [1.54, 1.807) is 29.5 Å². The van der Waals surface area contributed by atoms with Crippen LogP contribution in [0, 0.1) is 5.82 Å². The average molecular weight is 401 g/mol. The summed E-state index contributed by atoms with van der Waals surface area (Å²) in [7, 11) is 0. The Labute approximate surface area is 163 Å². The van der Waals surface area contributed by atoms with E-state index >= 15 is 0 Å². The van der Waals surface area contributed by atoms with Crippen molar-refractivity contribution in [1.29, 1.82) is 0 Å². The maximum absolute atomic E-state index is 12.9. The Kier molecular flexibility index (Phi) is 6.10. The van der Waals surface area contributed by atoms with Gasteiger partial charge in [0.2, 0.25) is 11.8 Å². The Morgan fingerprint density at radius 1 is 1.19 bits per heavy atom. The minimum Gasteiger partial charge on any atom is -0.351 e. The van der Waals surface area contributed by atoms with Crippen molar-refractivity contribution in [2.24, 2.45) is 0 Å². The Balaban J connectivity index is 1.59. The summed E-state index contributed by atoms with van der Waals surface area (Å²) < 4.78 is 12.9. The molecule has 5 nitrogen and oxygen atoms in total. The molecule has 2 aromatic heterocycles. The number of hydrogen-bond donors (Lipinski definition) is 2. The number of halogens is 1. The highest BCUT2D eigenvalue weighted by molar-refractivity contribution is 7.17. The van der Waals surface area contributed by atoms with Crippen molar-refractivity contribution in [2.75, 3.05) is 5.32 Å². The number of amides is 2. The molecule has 0 atom stereocenters. The molecule has 1 aromatic carbocycles. The lowest BCUT2D eigenvalue weighted by Gasteiger charge is -1.97. The molecule has 2 amide bonds. The molecule has 0 unspecified atom stereocenters. The van der Waals surface area contributed by atoms with Crippen molar-refractivity contribution in [2.45, 2.75) is 13.5 Å². The third-order valence-electron chi connectivity index (χ3n) is 3.46.